The Bertz CT molecular complexity index is 1410. The Kier molecular flexibility index (Phi) is 12.5. The Balaban J connectivity index is 0.000000801. The Morgan fingerprint density at radius 3 is 1.98 bits per heavy atom. The lowest BCUT2D eigenvalue weighted by Crippen LogP contribution is -2.43. The molecule has 0 atom stereocenters. The van der Waals surface area contributed by atoms with Crippen LogP contribution in [0.3, 0.4) is 0 Å². The molecule has 0 radical (unpaired) electrons. The first-order valence-electron chi connectivity index (χ1n) is 14.2. The summed E-state index contributed by atoms with van der Waals surface area (Å²) in [5.74, 6) is -3.40. The van der Waals surface area contributed by atoms with Crippen LogP contribution < -0.4 is 9.64 Å². The smallest absolute Gasteiger partial charge is 0.414 e. The topological polar surface area (TPSA) is 128 Å². The summed E-state index contributed by atoms with van der Waals surface area (Å²) < 4.78 is 18.8. The molecule has 3 aromatic rings. The van der Waals surface area contributed by atoms with Crippen molar-refractivity contribution in [3.05, 3.63) is 95.3 Å². The number of hydrogen-bond acceptors (Lipinski definition) is 7. The van der Waals surface area contributed by atoms with E-state index in [0.29, 0.717) is 30.0 Å². The number of hydrogen-bond donors (Lipinski definition) is 2. The van der Waals surface area contributed by atoms with Crippen molar-refractivity contribution in [1.82, 2.24) is 9.80 Å². The Morgan fingerprint density at radius 1 is 0.864 bits per heavy atom. The van der Waals surface area contributed by atoms with Crippen molar-refractivity contribution in [1.29, 1.82) is 0 Å². The monoisotopic (exact) mass is 607 g/mol. The van der Waals surface area contributed by atoms with E-state index in [2.05, 4.69) is 9.80 Å². The first-order chi connectivity index (χ1) is 21.0. The van der Waals surface area contributed by atoms with Crippen LogP contribution >= 0.6 is 0 Å². The van der Waals surface area contributed by atoms with Crippen LogP contribution in [0.1, 0.15) is 39.1 Å². The van der Waals surface area contributed by atoms with Crippen LogP contribution in [0.15, 0.2) is 72.8 Å². The third-order valence-electron chi connectivity index (χ3n) is 7.23. The van der Waals surface area contributed by atoms with Gasteiger partial charge in [0.2, 0.25) is 0 Å². The van der Waals surface area contributed by atoms with Gasteiger partial charge < -0.3 is 29.6 Å². The van der Waals surface area contributed by atoms with E-state index in [1.165, 1.54) is 12.1 Å². The number of nitrogens with zero attached hydrogens (tertiary/aromatic N) is 3. The van der Waals surface area contributed by atoms with Gasteiger partial charge in [0.15, 0.2) is 5.78 Å². The molecular formula is C33H38FN3O7. The average molecular weight is 608 g/mol. The average Bonchev–Trinajstić information content (AvgIpc) is 3.02. The third kappa shape index (κ3) is 9.72. The first kappa shape index (κ1) is 33.9. The molecule has 1 fully saturated rings. The number of para-hydroxylation sites is 2. The highest BCUT2D eigenvalue weighted by atomic mass is 19.1. The normalized spacial score (nSPS) is 13.5. The molecule has 1 amide bonds. The lowest BCUT2D eigenvalue weighted by atomic mass is 9.89. The molecule has 0 aromatic heterocycles. The minimum absolute atomic E-state index is 0.0654. The van der Waals surface area contributed by atoms with E-state index < -0.39 is 11.9 Å². The zero-order chi connectivity index (χ0) is 32.2. The number of rotatable bonds is 10. The standard InChI is InChI=1S/C31H36FN3O3.C2H2O4/c1-33(2)22-23-8-10-26(11-9-23)31(37)35(28-6-4-5-7-29(28)38-3)21-20-34-18-16-25(17-19-34)30(36)24-12-14-27(32)15-13-24;3-1(4)2(5)6/h4-15,25H,16-22H2,1-3H3;(H,3,4)(H,5,6). The predicted molar refractivity (Wildman–Crippen MR) is 164 cm³/mol. The molecular weight excluding hydrogens is 569 g/mol. The Hall–Kier alpha value is -4.61. The molecule has 4 rings (SSSR count). The largest absolute Gasteiger partial charge is 0.495 e. The predicted octanol–water partition coefficient (Wildman–Crippen LogP) is 4.29. The van der Waals surface area contributed by atoms with E-state index in [1.807, 2.05) is 62.6 Å². The van der Waals surface area contributed by atoms with Gasteiger partial charge in [0.05, 0.1) is 12.8 Å². The fraction of sp³-hybridized carbons (Fsp3) is 0.333. The second-order valence-electron chi connectivity index (χ2n) is 10.7. The minimum Gasteiger partial charge on any atom is -0.495 e. The fourth-order valence-corrected chi connectivity index (χ4v) is 4.97. The summed E-state index contributed by atoms with van der Waals surface area (Å²) in [6.07, 6.45) is 1.48. The van der Waals surface area contributed by atoms with Crippen molar-refractivity contribution in [2.75, 3.05) is 52.3 Å². The highest BCUT2D eigenvalue weighted by molar-refractivity contribution is 6.27. The Labute approximate surface area is 256 Å². The number of carboxylic acids is 2. The van der Waals surface area contributed by atoms with Gasteiger partial charge in [-0.2, -0.15) is 0 Å². The molecule has 1 heterocycles. The number of carboxylic acid groups (broad SMARTS) is 2. The molecule has 1 aliphatic heterocycles. The Morgan fingerprint density at radius 2 is 1.43 bits per heavy atom. The fourth-order valence-electron chi connectivity index (χ4n) is 4.97. The number of benzene rings is 3. The SMILES string of the molecule is COc1ccccc1N(CCN1CCC(C(=O)c2ccc(F)cc2)CC1)C(=O)c1ccc(CN(C)C)cc1.O=C(O)C(=O)O. The number of ketones is 1. The number of piperidine rings is 1. The number of carbonyl (C=O) groups excluding carboxylic acids is 2. The van der Waals surface area contributed by atoms with Gasteiger partial charge in [-0.05, 0) is 94.1 Å². The number of likely N-dealkylation sites (tertiary alicyclic amines) is 1. The molecule has 2 N–H and O–H groups in total. The van der Waals surface area contributed by atoms with E-state index >= 15 is 0 Å². The number of methoxy groups -OCH3 is 1. The van der Waals surface area contributed by atoms with Gasteiger partial charge in [-0.25, -0.2) is 14.0 Å². The molecule has 234 valence electrons. The van der Waals surface area contributed by atoms with Crippen LogP contribution in [-0.4, -0.2) is 91.0 Å². The van der Waals surface area contributed by atoms with Gasteiger partial charge in [-0.15, -0.1) is 0 Å². The van der Waals surface area contributed by atoms with E-state index in [0.717, 1.165) is 43.7 Å². The van der Waals surface area contributed by atoms with Gasteiger partial charge in [0.25, 0.3) is 5.91 Å². The molecule has 1 saturated heterocycles. The summed E-state index contributed by atoms with van der Waals surface area (Å²) in [5, 5.41) is 14.8. The van der Waals surface area contributed by atoms with Gasteiger partial charge in [-0.1, -0.05) is 24.3 Å². The molecule has 44 heavy (non-hydrogen) atoms. The molecule has 0 aliphatic carbocycles. The number of carbonyl (C=O) groups is 4. The number of Topliss-reactive ketones (excluding diaryl/α,β-unsaturated/α-hetero) is 1. The van der Waals surface area contributed by atoms with Crippen molar-refractivity contribution in [3.63, 3.8) is 0 Å². The summed E-state index contributed by atoms with van der Waals surface area (Å²) in [7, 11) is 5.65. The van der Waals surface area contributed by atoms with Crippen LogP contribution in [0.2, 0.25) is 0 Å². The number of halogens is 1. The second-order valence-corrected chi connectivity index (χ2v) is 10.7. The first-order valence-corrected chi connectivity index (χ1v) is 14.2. The molecule has 0 spiro atoms. The molecule has 0 saturated carbocycles. The van der Waals surface area contributed by atoms with Crippen molar-refractivity contribution in [2.45, 2.75) is 19.4 Å². The quantitative estimate of drug-likeness (QED) is 0.256. The van der Waals surface area contributed by atoms with E-state index in [1.54, 1.807) is 24.1 Å². The highest BCUT2D eigenvalue weighted by Gasteiger charge is 2.27. The summed E-state index contributed by atoms with van der Waals surface area (Å²) in [4.78, 5) is 50.9. The van der Waals surface area contributed by atoms with Crippen LogP contribution in [0.5, 0.6) is 5.75 Å². The maximum atomic E-state index is 13.7. The number of amides is 1. The van der Waals surface area contributed by atoms with Crippen LogP contribution in [0.25, 0.3) is 0 Å². The lowest BCUT2D eigenvalue weighted by molar-refractivity contribution is -0.159. The van der Waals surface area contributed by atoms with E-state index in [4.69, 9.17) is 24.5 Å². The van der Waals surface area contributed by atoms with E-state index in [-0.39, 0.29) is 23.4 Å². The van der Waals surface area contributed by atoms with Gasteiger partial charge in [-0.3, -0.25) is 9.59 Å². The third-order valence-corrected chi connectivity index (χ3v) is 7.23. The molecule has 0 unspecified atom stereocenters. The van der Waals surface area contributed by atoms with Crippen molar-refractivity contribution >= 4 is 29.3 Å². The van der Waals surface area contributed by atoms with Crippen molar-refractivity contribution in [2.24, 2.45) is 5.92 Å². The van der Waals surface area contributed by atoms with Gasteiger partial charge >= 0.3 is 11.9 Å². The summed E-state index contributed by atoms with van der Waals surface area (Å²) >= 11 is 0. The zero-order valence-corrected chi connectivity index (χ0v) is 25.1. The molecule has 0 bridgehead atoms. The molecule has 3 aromatic carbocycles. The number of ether oxygens (including phenoxy) is 1. The number of aliphatic carboxylic acids is 2. The second kappa shape index (κ2) is 16.3. The zero-order valence-electron chi connectivity index (χ0n) is 25.1. The van der Waals surface area contributed by atoms with Crippen molar-refractivity contribution < 1.29 is 38.5 Å². The summed E-state index contributed by atoms with van der Waals surface area (Å²) in [5.41, 5.74) is 3.07. The van der Waals surface area contributed by atoms with E-state index in [9.17, 15) is 14.0 Å². The minimum atomic E-state index is -1.82. The molecule has 10 nitrogen and oxygen atoms in total. The number of anilines is 1. The lowest BCUT2D eigenvalue weighted by Gasteiger charge is -2.33. The molecule has 1 aliphatic rings. The van der Waals surface area contributed by atoms with Crippen LogP contribution in [-0.2, 0) is 16.1 Å². The van der Waals surface area contributed by atoms with Gasteiger partial charge in [0, 0.05) is 36.7 Å². The maximum Gasteiger partial charge on any atom is 0.414 e. The van der Waals surface area contributed by atoms with Crippen LogP contribution in [0, 0.1) is 11.7 Å². The maximum absolute atomic E-state index is 13.7. The van der Waals surface area contributed by atoms with Crippen molar-refractivity contribution in [3.8, 4) is 5.75 Å². The highest BCUT2D eigenvalue weighted by Crippen LogP contribution is 2.29. The summed E-state index contributed by atoms with van der Waals surface area (Å²) in [6, 6.07) is 21.1. The summed E-state index contributed by atoms with van der Waals surface area (Å²) in [6.45, 7) is 3.52. The molecule has 11 heteroatoms. The van der Waals surface area contributed by atoms with Crippen LogP contribution in [0.4, 0.5) is 10.1 Å². The van der Waals surface area contributed by atoms with Gasteiger partial charge in [0.1, 0.15) is 11.6 Å².